The van der Waals surface area contributed by atoms with Crippen LogP contribution in [0.15, 0.2) is 24.3 Å². The molecule has 0 aliphatic rings. The summed E-state index contributed by atoms with van der Waals surface area (Å²) in [4.78, 5) is 11.2. The molecule has 100 valence electrons. The highest BCUT2D eigenvalue weighted by molar-refractivity contribution is 5.73. The Kier molecular flexibility index (Phi) is 6.64. The highest BCUT2D eigenvalue weighted by atomic mass is 16.5. The number of urea groups is 1. The van der Waals surface area contributed by atoms with Crippen molar-refractivity contribution >= 4 is 6.03 Å². The van der Waals surface area contributed by atoms with Crippen molar-refractivity contribution in [2.24, 2.45) is 0 Å². The van der Waals surface area contributed by atoms with Gasteiger partial charge in [-0.05, 0) is 30.5 Å². The van der Waals surface area contributed by atoms with Crippen molar-refractivity contribution in [3.8, 4) is 5.75 Å². The Morgan fingerprint density at radius 2 is 2.11 bits per heavy atom. The van der Waals surface area contributed by atoms with Gasteiger partial charge in [0.05, 0.1) is 13.7 Å². The fourth-order valence-electron chi connectivity index (χ4n) is 1.55. The minimum atomic E-state index is -0.241. The van der Waals surface area contributed by atoms with Crippen LogP contribution in [0.1, 0.15) is 12.0 Å². The molecule has 0 saturated heterocycles. The molecule has 0 aromatic heterocycles. The second-order valence-electron chi connectivity index (χ2n) is 3.86. The summed E-state index contributed by atoms with van der Waals surface area (Å²) in [5.41, 5.74) is 1.19. The van der Waals surface area contributed by atoms with Gasteiger partial charge < -0.3 is 20.5 Å². The van der Waals surface area contributed by atoms with Gasteiger partial charge in [0.15, 0.2) is 0 Å². The zero-order chi connectivity index (χ0) is 13.2. The molecule has 2 amide bonds. The number of amides is 2. The third kappa shape index (κ3) is 5.54. The van der Waals surface area contributed by atoms with Crippen LogP contribution >= 0.6 is 0 Å². The average Bonchev–Trinajstić information content (AvgIpc) is 2.41. The second-order valence-corrected chi connectivity index (χ2v) is 3.86. The first kappa shape index (κ1) is 14.3. The van der Waals surface area contributed by atoms with Crippen molar-refractivity contribution in [3.63, 3.8) is 0 Å². The van der Waals surface area contributed by atoms with E-state index in [1.165, 1.54) is 5.56 Å². The maximum atomic E-state index is 11.2. The van der Waals surface area contributed by atoms with Crippen LogP contribution in [0.25, 0.3) is 0 Å². The maximum absolute atomic E-state index is 11.2. The molecule has 0 saturated carbocycles. The van der Waals surface area contributed by atoms with Gasteiger partial charge in [-0.2, -0.15) is 0 Å². The molecule has 18 heavy (non-hydrogen) atoms. The topological polar surface area (TPSA) is 70.6 Å². The minimum absolute atomic E-state index is 0.0444. The molecular formula is C13H20N2O3. The summed E-state index contributed by atoms with van der Waals surface area (Å²) in [5.74, 6) is 0.848. The van der Waals surface area contributed by atoms with E-state index < -0.39 is 0 Å². The smallest absolute Gasteiger partial charge is 0.314 e. The number of hydrogen-bond donors (Lipinski definition) is 3. The fraction of sp³-hybridized carbons (Fsp3) is 0.462. The largest absolute Gasteiger partial charge is 0.497 e. The SMILES string of the molecule is COc1cccc(CCCNC(=O)NCCO)c1. The summed E-state index contributed by atoms with van der Waals surface area (Å²) < 4.78 is 5.14. The molecule has 0 spiro atoms. The van der Waals surface area contributed by atoms with Gasteiger partial charge in [0.1, 0.15) is 5.75 Å². The van der Waals surface area contributed by atoms with E-state index in [0.29, 0.717) is 6.54 Å². The van der Waals surface area contributed by atoms with Crippen LogP contribution in [0.5, 0.6) is 5.75 Å². The van der Waals surface area contributed by atoms with Crippen molar-refractivity contribution in [2.45, 2.75) is 12.8 Å². The molecule has 3 N–H and O–H groups in total. The van der Waals surface area contributed by atoms with E-state index in [1.54, 1.807) is 7.11 Å². The molecule has 1 rings (SSSR count). The summed E-state index contributed by atoms with van der Waals surface area (Å²) in [6, 6.07) is 7.65. The molecule has 0 atom stereocenters. The minimum Gasteiger partial charge on any atom is -0.497 e. The summed E-state index contributed by atoms with van der Waals surface area (Å²) in [5, 5.41) is 13.8. The average molecular weight is 252 g/mol. The molecule has 0 fully saturated rings. The molecule has 0 radical (unpaired) electrons. The van der Waals surface area contributed by atoms with Gasteiger partial charge in [0.25, 0.3) is 0 Å². The summed E-state index contributed by atoms with van der Waals surface area (Å²) in [6.07, 6.45) is 1.75. The van der Waals surface area contributed by atoms with Crippen LogP contribution in [0.4, 0.5) is 4.79 Å². The highest BCUT2D eigenvalue weighted by Gasteiger charge is 1.99. The Morgan fingerprint density at radius 1 is 1.33 bits per heavy atom. The van der Waals surface area contributed by atoms with Gasteiger partial charge in [-0.1, -0.05) is 12.1 Å². The van der Waals surface area contributed by atoms with Crippen LogP contribution in [-0.4, -0.2) is 37.9 Å². The number of aliphatic hydroxyl groups excluding tert-OH is 1. The second kappa shape index (κ2) is 8.36. The standard InChI is InChI=1S/C13H20N2O3/c1-18-12-6-2-4-11(10-12)5-3-7-14-13(17)15-8-9-16/h2,4,6,10,16H,3,5,7-9H2,1H3,(H2,14,15,17). The summed E-state index contributed by atoms with van der Waals surface area (Å²) in [6.45, 7) is 0.841. The molecule has 1 aromatic carbocycles. The number of aryl methyl sites for hydroxylation is 1. The Morgan fingerprint density at radius 3 is 2.83 bits per heavy atom. The lowest BCUT2D eigenvalue weighted by Gasteiger charge is -2.07. The molecule has 0 unspecified atom stereocenters. The van der Waals surface area contributed by atoms with E-state index in [2.05, 4.69) is 10.6 Å². The van der Waals surface area contributed by atoms with Crippen molar-refractivity contribution in [2.75, 3.05) is 26.8 Å². The normalized spacial score (nSPS) is 9.89. The number of aliphatic hydroxyl groups is 1. The first-order valence-corrected chi connectivity index (χ1v) is 6.01. The number of nitrogens with one attached hydrogen (secondary N) is 2. The maximum Gasteiger partial charge on any atom is 0.314 e. The van der Waals surface area contributed by atoms with E-state index in [0.717, 1.165) is 18.6 Å². The van der Waals surface area contributed by atoms with E-state index in [-0.39, 0.29) is 19.2 Å². The quantitative estimate of drug-likeness (QED) is 0.632. The summed E-state index contributed by atoms with van der Waals surface area (Å²) >= 11 is 0. The van der Waals surface area contributed by atoms with Gasteiger partial charge in [0, 0.05) is 13.1 Å². The lowest BCUT2D eigenvalue weighted by molar-refractivity contribution is 0.234. The van der Waals surface area contributed by atoms with Gasteiger partial charge in [-0.3, -0.25) is 0 Å². The number of ether oxygens (including phenoxy) is 1. The molecule has 1 aromatic rings. The molecule has 0 bridgehead atoms. The van der Waals surface area contributed by atoms with E-state index in [9.17, 15) is 4.79 Å². The van der Waals surface area contributed by atoms with Crippen LogP contribution in [0.2, 0.25) is 0 Å². The van der Waals surface area contributed by atoms with Gasteiger partial charge in [-0.15, -0.1) is 0 Å². The Hall–Kier alpha value is -1.75. The monoisotopic (exact) mass is 252 g/mol. The molecule has 0 heterocycles. The number of methoxy groups -OCH3 is 1. The van der Waals surface area contributed by atoms with Crippen molar-refractivity contribution in [1.82, 2.24) is 10.6 Å². The fourth-order valence-corrected chi connectivity index (χ4v) is 1.55. The number of benzene rings is 1. The zero-order valence-corrected chi connectivity index (χ0v) is 10.6. The third-order valence-electron chi connectivity index (χ3n) is 2.46. The van der Waals surface area contributed by atoms with Crippen LogP contribution in [-0.2, 0) is 6.42 Å². The predicted molar refractivity (Wildman–Crippen MR) is 69.8 cm³/mol. The van der Waals surface area contributed by atoms with E-state index in [1.807, 2.05) is 24.3 Å². The highest BCUT2D eigenvalue weighted by Crippen LogP contribution is 2.13. The first-order chi connectivity index (χ1) is 8.76. The summed E-state index contributed by atoms with van der Waals surface area (Å²) in [7, 11) is 1.65. The molecule has 5 heteroatoms. The lowest BCUT2D eigenvalue weighted by atomic mass is 10.1. The van der Waals surface area contributed by atoms with E-state index >= 15 is 0 Å². The Balaban J connectivity index is 2.19. The molecule has 5 nitrogen and oxygen atoms in total. The number of carbonyl (C=O) groups excluding carboxylic acids is 1. The van der Waals surface area contributed by atoms with Crippen molar-refractivity contribution in [3.05, 3.63) is 29.8 Å². The van der Waals surface area contributed by atoms with Gasteiger partial charge >= 0.3 is 6.03 Å². The molecule has 0 aliphatic heterocycles. The Labute approximate surface area is 107 Å². The zero-order valence-electron chi connectivity index (χ0n) is 10.6. The van der Waals surface area contributed by atoms with Crippen LogP contribution < -0.4 is 15.4 Å². The number of hydrogen-bond acceptors (Lipinski definition) is 3. The number of carbonyl (C=O) groups is 1. The van der Waals surface area contributed by atoms with Crippen LogP contribution in [0, 0.1) is 0 Å². The molecule has 0 aliphatic carbocycles. The van der Waals surface area contributed by atoms with E-state index in [4.69, 9.17) is 9.84 Å². The number of rotatable bonds is 7. The lowest BCUT2D eigenvalue weighted by Crippen LogP contribution is -2.37. The van der Waals surface area contributed by atoms with Crippen molar-refractivity contribution < 1.29 is 14.6 Å². The molecular weight excluding hydrogens is 232 g/mol. The van der Waals surface area contributed by atoms with Gasteiger partial charge in [-0.25, -0.2) is 4.79 Å². The van der Waals surface area contributed by atoms with Gasteiger partial charge in [0.2, 0.25) is 0 Å². The Bertz CT molecular complexity index is 369. The van der Waals surface area contributed by atoms with Crippen LogP contribution in [0.3, 0.4) is 0 Å². The third-order valence-corrected chi connectivity index (χ3v) is 2.46. The van der Waals surface area contributed by atoms with Crippen molar-refractivity contribution in [1.29, 1.82) is 0 Å². The first-order valence-electron chi connectivity index (χ1n) is 6.01. The predicted octanol–water partition coefficient (Wildman–Crippen LogP) is 0.919.